The average molecular weight is 357 g/mol. The van der Waals surface area contributed by atoms with Crippen LogP contribution in [0.3, 0.4) is 0 Å². The van der Waals surface area contributed by atoms with Crippen LogP contribution in [-0.2, 0) is 6.42 Å². The lowest BCUT2D eigenvalue weighted by atomic mass is 9.89. The predicted octanol–water partition coefficient (Wildman–Crippen LogP) is 3.40. The number of aromatic nitrogens is 1. The number of pyridine rings is 1. The van der Waals surface area contributed by atoms with Crippen molar-refractivity contribution in [3.05, 3.63) is 66.4 Å². The van der Waals surface area contributed by atoms with Crippen molar-refractivity contribution in [3.63, 3.8) is 0 Å². The second-order valence-electron chi connectivity index (χ2n) is 6.88. The van der Waals surface area contributed by atoms with E-state index in [1.165, 1.54) is 5.56 Å². The molecular weight excluding hydrogens is 334 g/mol. The molecule has 0 amide bonds. The van der Waals surface area contributed by atoms with Gasteiger partial charge in [0.05, 0.1) is 11.7 Å². The van der Waals surface area contributed by atoms with Gasteiger partial charge in [0.1, 0.15) is 0 Å². The van der Waals surface area contributed by atoms with Crippen molar-refractivity contribution >= 4 is 33.1 Å². The van der Waals surface area contributed by atoms with E-state index in [1.807, 2.05) is 48.7 Å². The van der Waals surface area contributed by atoms with Crippen molar-refractivity contribution < 1.29 is 0 Å². The van der Waals surface area contributed by atoms with Crippen molar-refractivity contribution in [1.29, 1.82) is 0 Å². The number of hydrogen-bond donors (Lipinski definition) is 4. The van der Waals surface area contributed by atoms with Gasteiger partial charge in [-0.3, -0.25) is 4.98 Å². The Bertz CT molecular complexity index is 1120. The second-order valence-corrected chi connectivity index (χ2v) is 6.88. The highest BCUT2D eigenvalue weighted by molar-refractivity contribution is 6.13. The lowest BCUT2D eigenvalue weighted by Gasteiger charge is -2.18. The van der Waals surface area contributed by atoms with Crippen molar-refractivity contribution in [2.45, 2.75) is 19.0 Å². The first kappa shape index (κ1) is 17.3. The highest BCUT2D eigenvalue weighted by Gasteiger charge is 2.16. The molecule has 0 aliphatic heterocycles. The van der Waals surface area contributed by atoms with E-state index in [9.17, 15) is 0 Å². The molecule has 0 aliphatic rings. The van der Waals surface area contributed by atoms with E-state index >= 15 is 0 Å². The zero-order chi connectivity index (χ0) is 19.0. The van der Waals surface area contributed by atoms with Gasteiger partial charge >= 0.3 is 0 Å². The zero-order valence-electron chi connectivity index (χ0n) is 15.0. The van der Waals surface area contributed by atoms with Crippen molar-refractivity contribution in [3.8, 4) is 11.1 Å². The van der Waals surface area contributed by atoms with Crippen LogP contribution in [-0.4, -0.2) is 11.1 Å². The van der Waals surface area contributed by atoms with Crippen molar-refractivity contribution in [2.75, 3.05) is 11.5 Å². The number of aryl methyl sites for hydroxylation is 1. The number of fused-ring (bicyclic) bond motifs is 3. The third-order valence-corrected chi connectivity index (χ3v) is 4.94. The van der Waals surface area contributed by atoms with Gasteiger partial charge in [0.2, 0.25) is 0 Å². The second kappa shape index (κ2) is 6.87. The third kappa shape index (κ3) is 3.18. The Morgan fingerprint density at radius 2 is 1.67 bits per heavy atom. The summed E-state index contributed by atoms with van der Waals surface area (Å²) in [6.45, 7) is 0. The molecule has 8 N–H and O–H groups in total. The van der Waals surface area contributed by atoms with E-state index < -0.39 is 0 Å². The molecule has 1 heterocycles. The van der Waals surface area contributed by atoms with E-state index in [-0.39, 0.29) is 6.17 Å². The van der Waals surface area contributed by atoms with Gasteiger partial charge in [-0.25, -0.2) is 0 Å². The Balaban J connectivity index is 2.12. The molecule has 4 rings (SSSR count). The summed E-state index contributed by atoms with van der Waals surface area (Å²) in [6.07, 6.45) is 2.88. The summed E-state index contributed by atoms with van der Waals surface area (Å²) < 4.78 is 0. The summed E-state index contributed by atoms with van der Waals surface area (Å²) >= 11 is 0. The SMILES string of the molecule is Nc1ccc2ncc3c(N)cc(-c4ccccc4)c(CCC(N)N)c3c2c1. The first-order chi connectivity index (χ1) is 13.0. The number of nitrogens with two attached hydrogens (primary N) is 4. The lowest BCUT2D eigenvalue weighted by molar-refractivity contribution is 0.641. The molecule has 0 radical (unpaired) electrons. The highest BCUT2D eigenvalue weighted by Crippen LogP contribution is 2.38. The molecule has 136 valence electrons. The van der Waals surface area contributed by atoms with Crippen LogP contribution in [0.2, 0.25) is 0 Å². The van der Waals surface area contributed by atoms with Gasteiger partial charge in [0.15, 0.2) is 0 Å². The standard InChI is InChI=1S/C22H23N5/c23-14-6-8-20-17(10-14)22-15(7-9-21(25)26)16(13-4-2-1-3-5-13)11-19(24)18(22)12-27-20/h1-6,8,10-12,21H,7,9,23-26H2. The normalized spacial score (nSPS) is 11.5. The summed E-state index contributed by atoms with van der Waals surface area (Å²) in [5.41, 5.74) is 29.9. The van der Waals surface area contributed by atoms with Crippen molar-refractivity contribution in [2.24, 2.45) is 11.5 Å². The maximum absolute atomic E-state index is 6.43. The number of nitrogen functional groups attached to an aromatic ring is 2. The van der Waals surface area contributed by atoms with Crippen LogP contribution >= 0.6 is 0 Å². The molecule has 5 heteroatoms. The maximum atomic E-state index is 6.43. The topological polar surface area (TPSA) is 117 Å². The Kier molecular flexibility index (Phi) is 4.39. The quantitative estimate of drug-likeness (QED) is 0.254. The van der Waals surface area contributed by atoms with E-state index in [2.05, 4.69) is 17.1 Å². The molecule has 5 nitrogen and oxygen atoms in total. The van der Waals surface area contributed by atoms with Gasteiger partial charge in [-0.2, -0.15) is 0 Å². The molecule has 0 saturated carbocycles. The van der Waals surface area contributed by atoms with Crippen LogP contribution in [0.5, 0.6) is 0 Å². The van der Waals surface area contributed by atoms with Crippen LogP contribution in [0.25, 0.3) is 32.8 Å². The number of nitrogens with zero attached hydrogens (tertiary/aromatic N) is 1. The Labute approximate surface area is 158 Å². The van der Waals surface area contributed by atoms with Gasteiger partial charge in [-0.1, -0.05) is 30.3 Å². The van der Waals surface area contributed by atoms with Gasteiger partial charge in [-0.05, 0) is 59.2 Å². The monoisotopic (exact) mass is 357 g/mol. The van der Waals surface area contributed by atoms with Crippen LogP contribution < -0.4 is 22.9 Å². The summed E-state index contributed by atoms with van der Waals surface area (Å²) in [7, 11) is 0. The number of anilines is 2. The van der Waals surface area contributed by atoms with Gasteiger partial charge in [0, 0.05) is 28.3 Å². The molecule has 0 bridgehead atoms. The molecule has 27 heavy (non-hydrogen) atoms. The van der Waals surface area contributed by atoms with Crippen molar-refractivity contribution in [1.82, 2.24) is 4.98 Å². The Morgan fingerprint density at radius 1 is 0.889 bits per heavy atom. The Morgan fingerprint density at radius 3 is 2.41 bits per heavy atom. The zero-order valence-corrected chi connectivity index (χ0v) is 15.0. The van der Waals surface area contributed by atoms with E-state index in [1.54, 1.807) is 0 Å². The molecule has 0 aliphatic carbocycles. The van der Waals surface area contributed by atoms with Gasteiger partial charge < -0.3 is 22.9 Å². The maximum Gasteiger partial charge on any atom is 0.0710 e. The summed E-state index contributed by atoms with van der Waals surface area (Å²) in [6, 6.07) is 18.0. The fourth-order valence-corrected chi connectivity index (χ4v) is 3.66. The summed E-state index contributed by atoms with van der Waals surface area (Å²) in [5, 5.41) is 3.00. The minimum atomic E-state index is -0.376. The molecular formula is C22H23N5. The number of rotatable bonds is 4. The molecule has 0 atom stereocenters. The van der Waals surface area contributed by atoms with Crippen LogP contribution in [0.4, 0.5) is 11.4 Å². The third-order valence-electron chi connectivity index (χ3n) is 4.94. The fraction of sp³-hybridized carbons (Fsp3) is 0.136. The molecule has 0 saturated heterocycles. The first-order valence-electron chi connectivity index (χ1n) is 9.00. The van der Waals surface area contributed by atoms with Crippen LogP contribution in [0, 0.1) is 0 Å². The minimum Gasteiger partial charge on any atom is -0.399 e. The number of benzene rings is 3. The lowest BCUT2D eigenvalue weighted by Crippen LogP contribution is -2.30. The summed E-state index contributed by atoms with van der Waals surface area (Å²) in [4.78, 5) is 4.57. The molecule has 0 unspecified atom stereocenters. The average Bonchev–Trinajstić information content (AvgIpc) is 2.67. The van der Waals surface area contributed by atoms with Crippen LogP contribution in [0.1, 0.15) is 12.0 Å². The van der Waals surface area contributed by atoms with E-state index in [0.29, 0.717) is 17.8 Å². The van der Waals surface area contributed by atoms with E-state index in [0.717, 1.165) is 39.2 Å². The molecule has 4 aromatic rings. The summed E-state index contributed by atoms with van der Waals surface area (Å²) in [5.74, 6) is 0. The highest BCUT2D eigenvalue weighted by atomic mass is 14.8. The minimum absolute atomic E-state index is 0.376. The number of hydrogen-bond acceptors (Lipinski definition) is 5. The Hall–Kier alpha value is -3.15. The fourth-order valence-electron chi connectivity index (χ4n) is 3.66. The smallest absolute Gasteiger partial charge is 0.0710 e. The molecule has 1 aromatic heterocycles. The molecule has 0 spiro atoms. The first-order valence-corrected chi connectivity index (χ1v) is 9.00. The largest absolute Gasteiger partial charge is 0.399 e. The van der Waals surface area contributed by atoms with Gasteiger partial charge in [-0.15, -0.1) is 0 Å². The molecule has 3 aromatic carbocycles. The van der Waals surface area contributed by atoms with Crippen LogP contribution in [0.15, 0.2) is 60.8 Å². The predicted molar refractivity (Wildman–Crippen MR) is 114 cm³/mol. The van der Waals surface area contributed by atoms with E-state index in [4.69, 9.17) is 22.9 Å². The van der Waals surface area contributed by atoms with Gasteiger partial charge in [0.25, 0.3) is 0 Å². The molecule has 0 fully saturated rings.